The smallest absolute Gasteiger partial charge is 0.0534 e. The Morgan fingerprint density at radius 3 is 2.69 bits per heavy atom. The van der Waals surface area contributed by atoms with E-state index in [4.69, 9.17) is 5.11 Å². The van der Waals surface area contributed by atoms with Gasteiger partial charge < -0.3 is 10.4 Å². The maximum absolute atomic E-state index is 9.03. The minimum absolute atomic E-state index is 0.173. The Morgan fingerprint density at radius 1 is 1.44 bits per heavy atom. The zero-order valence-corrected chi connectivity index (χ0v) is 10.5. The molecule has 0 aromatic carbocycles. The number of nitrogens with zero attached hydrogens (tertiary/aromatic N) is 2. The third kappa shape index (κ3) is 4.33. The van der Waals surface area contributed by atoms with Gasteiger partial charge in [-0.05, 0) is 17.9 Å². The van der Waals surface area contributed by atoms with Crippen molar-refractivity contribution in [3.8, 4) is 0 Å². The molecule has 0 aliphatic heterocycles. The summed E-state index contributed by atoms with van der Waals surface area (Å²) >= 11 is 0. The molecule has 0 amide bonds. The van der Waals surface area contributed by atoms with Crippen LogP contribution in [0.15, 0.2) is 18.5 Å². The van der Waals surface area contributed by atoms with Gasteiger partial charge >= 0.3 is 0 Å². The first-order valence-electron chi connectivity index (χ1n) is 5.85. The molecule has 2 N–H and O–H groups in total. The van der Waals surface area contributed by atoms with E-state index in [-0.39, 0.29) is 12.0 Å². The van der Waals surface area contributed by atoms with Gasteiger partial charge in [0.2, 0.25) is 0 Å². The molecular weight excluding hydrogens is 202 g/mol. The monoisotopic (exact) mass is 225 g/mol. The lowest BCUT2D eigenvalue weighted by Gasteiger charge is -2.31. The fourth-order valence-corrected chi connectivity index (χ4v) is 1.76. The summed E-state index contributed by atoms with van der Waals surface area (Å²) < 4.78 is 1.91. The van der Waals surface area contributed by atoms with Crippen LogP contribution in [-0.2, 0) is 6.54 Å². The molecule has 1 heterocycles. The van der Waals surface area contributed by atoms with Crippen molar-refractivity contribution in [2.45, 2.75) is 39.8 Å². The summed E-state index contributed by atoms with van der Waals surface area (Å²) in [5, 5.41) is 16.7. The molecule has 0 fully saturated rings. The van der Waals surface area contributed by atoms with Gasteiger partial charge in [-0.2, -0.15) is 5.10 Å². The Hall–Kier alpha value is -0.870. The Balaban J connectivity index is 2.33. The molecule has 0 saturated heterocycles. The van der Waals surface area contributed by atoms with Gasteiger partial charge in [-0.15, -0.1) is 0 Å². The normalized spacial score (nSPS) is 14.0. The second-order valence-electron chi connectivity index (χ2n) is 5.15. The van der Waals surface area contributed by atoms with Crippen LogP contribution in [0.3, 0.4) is 0 Å². The van der Waals surface area contributed by atoms with Gasteiger partial charge in [-0.1, -0.05) is 20.8 Å². The molecule has 0 radical (unpaired) electrons. The first kappa shape index (κ1) is 13.2. The number of aromatic nitrogens is 2. The number of aliphatic hydroxyl groups is 1. The molecule has 1 rings (SSSR count). The highest BCUT2D eigenvalue weighted by Gasteiger charge is 2.23. The Labute approximate surface area is 97.7 Å². The molecule has 4 heteroatoms. The third-order valence-electron chi connectivity index (χ3n) is 2.75. The molecule has 1 aromatic rings. The maximum atomic E-state index is 9.03. The highest BCUT2D eigenvalue weighted by molar-refractivity contribution is 4.81. The third-order valence-corrected chi connectivity index (χ3v) is 2.75. The maximum Gasteiger partial charge on any atom is 0.0534 e. The van der Waals surface area contributed by atoms with Gasteiger partial charge in [0.05, 0.1) is 6.54 Å². The predicted molar refractivity (Wildman–Crippen MR) is 65.2 cm³/mol. The number of hydrogen-bond acceptors (Lipinski definition) is 3. The standard InChI is InChI=1S/C12H23N3O/c1-12(2,3)11(5-10-16)13-7-9-15-8-4-6-14-15/h4,6,8,11,13,16H,5,7,9-10H2,1-3H3. The van der Waals surface area contributed by atoms with Crippen molar-refractivity contribution in [2.75, 3.05) is 13.2 Å². The minimum atomic E-state index is 0.173. The van der Waals surface area contributed by atoms with Crippen molar-refractivity contribution in [1.82, 2.24) is 15.1 Å². The minimum Gasteiger partial charge on any atom is -0.396 e. The zero-order chi connectivity index (χ0) is 12.0. The highest BCUT2D eigenvalue weighted by Crippen LogP contribution is 2.21. The van der Waals surface area contributed by atoms with Crippen LogP contribution in [0.5, 0.6) is 0 Å². The van der Waals surface area contributed by atoms with Crippen LogP contribution < -0.4 is 5.32 Å². The Morgan fingerprint density at radius 2 is 2.19 bits per heavy atom. The van der Waals surface area contributed by atoms with Crippen LogP contribution in [-0.4, -0.2) is 34.1 Å². The molecule has 1 aromatic heterocycles. The lowest BCUT2D eigenvalue weighted by Crippen LogP contribution is -2.42. The van der Waals surface area contributed by atoms with E-state index in [1.54, 1.807) is 6.20 Å². The topological polar surface area (TPSA) is 50.1 Å². The fourth-order valence-electron chi connectivity index (χ4n) is 1.76. The van der Waals surface area contributed by atoms with Gasteiger partial charge in [-0.25, -0.2) is 0 Å². The van der Waals surface area contributed by atoms with Crippen molar-refractivity contribution in [1.29, 1.82) is 0 Å². The van der Waals surface area contributed by atoms with Crippen LogP contribution in [0.1, 0.15) is 27.2 Å². The van der Waals surface area contributed by atoms with Crippen molar-refractivity contribution in [3.63, 3.8) is 0 Å². The van der Waals surface area contributed by atoms with E-state index in [1.807, 2.05) is 16.9 Å². The second kappa shape index (κ2) is 6.01. The van der Waals surface area contributed by atoms with Crippen molar-refractivity contribution in [2.24, 2.45) is 5.41 Å². The highest BCUT2D eigenvalue weighted by atomic mass is 16.3. The number of hydrogen-bond donors (Lipinski definition) is 2. The lowest BCUT2D eigenvalue weighted by atomic mass is 9.85. The van der Waals surface area contributed by atoms with Gasteiger partial charge in [0.25, 0.3) is 0 Å². The van der Waals surface area contributed by atoms with E-state index >= 15 is 0 Å². The first-order chi connectivity index (χ1) is 7.54. The average molecular weight is 225 g/mol. The van der Waals surface area contributed by atoms with E-state index < -0.39 is 0 Å². The molecule has 0 aliphatic carbocycles. The fraction of sp³-hybridized carbons (Fsp3) is 0.750. The summed E-state index contributed by atoms with van der Waals surface area (Å²) in [7, 11) is 0. The summed E-state index contributed by atoms with van der Waals surface area (Å²) in [5.41, 5.74) is 0.173. The van der Waals surface area contributed by atoms with E-state index in [0.717, 1.165) is 19.5 Å². The van der Waals surface area contributed by atoms with E-state index in [0.29, 0.717) is 6.04 Å². The van der Waals surface area contributed by atoms with Gasteiger partial charge in [0.1, 0.15) is 0 Å². The molecule has 0 saturated carbocycles. The van der Waals surface area contributed by atoms with Gasteiger partial charge in [0.15, 0.2) is 0 Å². The molecule has 1 atom stereocenters. The summed E-state index contributed by atoms with van der Waals surface area (Å²) in [5.74, 6) is 0. The van der Waals surface area contributed by atoms with E-state index in [2.05, 4.69) is 31.2 Å². The molecular formula is C12H23N3O. The van der Waals surface area contributed by atoms with Crippen LogP contribution in [0.25, 0.3) is 0 Å². The van der Waals surface area contributed by atoms with Crippen molar-refractivity contribution in [3.05, 3.63) is 18.5 Å². The zero-order valence-electron chi connectivity index (χ0n) is 10.5. The van der Waals surface area contributed by atoms with Crippen LogP contribution >= 0.6 is 0 Å². The molecule has 92 valence electrons. The molecule has 0 aliphatic rings. The van der Waals surface area contributed by atoms with Gasteiger partial charge in [-0.3, -0.25) is 4.68 Å². The predicted octanol–water partition coefficient (Wildman–Crippen LogP) is 1.27. The molecule has 16 heavy (non-hydrogen) atoms. The summed E-state index contributed by atoms with van der Waals surface area (Å²) in [6.45, 7) is 8.54. The number of nitrogens with one attached hydrogen (secondary N) is 1. The van der Waals surface area contributed by atoms with Crippen LogP contribution in [0, 0.1) is 5.41 Å². The molecule has 1 unspecified atom stereocenters. The van der Waals surface area contributed by atoms with Gasteiger partial charge in [0, 0.05) is 31.6 Å². The second-order valence-corrected chi connectivity index (χ2v) is 5.15. The van der Waals surface area contributed by atoms with Crippen LogP contribution in [0.2, 0.25) is 0 Å². The van der Waals surface area contributed by atoms with Crippen LogP contribution in [0.4, 0.5) is 0 Å². The molecule has 0 bridgehead atoms. The van der Waals surface area contributed by atoms with E-state index in [1.165, 1.54) is 0 Å². The van der Waals surface area contributed by atoms with Crippen molar-refractivity contribution >= 4 is 0 Å². The summed E-state index contributed by atoms with van der Waals surface area (Å²) in [6.07, 6.45) is 4.54. The summed E-state index contributed by atoms with van der Waals surface area (Å²) in [6, 6.07) is 2.27. The Bertz CT molecular complexity index is 277. The Kier molecular flexibility index (Phi) is 4.96. The van der Waals surface area contributed by atoms with Crippen molar-refractivity contribution < 1.29 is 5.11 Å². The molecule has 0 spiro atoms. The lowest BCUT2D eigenvalue weighted by molar-refractivity contribution is 0.196. The SMILES string of the molecule is CC(C)(C)C(CCO)NCCn1cccn1. The number of aliphatic hydroxyl groups excluding tert-OH is 1. The number of rotatable bonds is 6. The van der Waals surface area contributed by atoms with E-state index in [9.17, 15) is 0 Å². The average Bonchev–Trinajstić information content (AvgIpc) is 2.67. The largest absolute Gasteiger partial charge is 0.396 e. The molecule has 4 nitrogen and oxygen atoms in total. The summed E-state index contributed by atoms with van der Waals surface area (Å²) in [4.78, 5) is 0. The quantitative estimate of drug-likeness (QED) is 0.766. The first-order valence-corrected chi connectivity index (χ1v) is 5.85.